The van der Waals surface area contributed by atoms with Crippen molar-refractivity contribution in [1.29, 1.82) is 0 Å². The molecule has 2 rings (SSSR count). The molecule has 21 heavy (non-hydrogen) atoms. The van der Waals surface area contributed by atoms with E-state index >= 15 is 0 Å². The predicted molar refractivity (Wildman–Crippen MR) is 87.3 cm³/mol. The topological polar surface area (TPSA) is 37.3 Å². The maximum Gasteiger partial charge on any atom is 0.195 e. The van der Waals surface area contributed by atoms with Gasteiger partial charge in [0.05, 0.1) is 9.75 Å². The van der Waals surface area contributed by atoms with Crippen molar-refractivity contribution in [3.8, 4) is 11.8 Å². The number of benzene rings is 1. The quantitative estimate of drug-likeness (QED) is 0.532. The number of allylic oxidation sites excluding steroid dienone is 1. The molecular weight excluding hydrogens is 280 g/mol. The number of thiophene rings is 1. The van der Waals surface area contributed by atoms with Crippen LogP contribution in [0.2, 0.25) is 0 Å². The molecule has 0 aliphatic rings. The fourth-order valence-electron chi connectivity index (χ4n) is 1.57. The summed E-state index contributed by atoms with van der Waals surface area (Å²) in [6.07, 6.45) is 3.36. The second kappa shape index (κ2) is 6.53. The number of carbonyl (C=O) groups excluding carboxylic acids is 1. The zero-order valence-electron chi connectivity index (χ0n) is 12.0. The van der Waals surface area contributed by atoms with Gasteiger partial charge in [0.25, 0.3) is 0 Å². The van der Waals surface area contributed by atoms with E-state index in [1.54, 1.807) is 38.1 Å². The lowest BCUT2D eigenvalue weighted by atomic mass is 10.1. The average Bonchev–Trinajstić information content (AvgIpc) is 2.92. The van der Waals surface area contributed by atoms with Gasteiger partial charge in [0, 0.05) is 0 Å². The van der Waals surface area contributed by atoms with E-state index in [4.69, 9.17) is 0 Å². The summed E-state index contributed by atoms with van der Waals surface area (Å²) in [6, 6.07) is 13.2. The minimum atomic E-state index is -1.03. The highest BCUT2D eigenvalue weighted by molar-refractivity contribution is 7.14. The fraction of sp³-hybridized carbons (Fsp3) is 0.167. The van der Waals surface area contributed by atoms with Gasteiger partial charge in [-0.1, -0.05) is 48.2 Å². The lowest BCUT2D eigenvalue weighted by Crippen LogP contribution is -2.14. The first-order valence-corrected chi connectivity index (χ1v) is 7.38. The summed E-state index contributed by atoms with van der Waals surface area (Å²) < 4.78 is 0. The second-order valence-corrected chi connectivity index (χ2v) is 6.16. The molecule has 1 heterocycles. The first-order valence-electron chi connectivity index (χ1n) is 6.57. The highest BCUT2D eigenvalue weighted by Gasteiger charge is 2.08. The fourth-order valence-corrected chi connectivity index (χ4v) is 2.35. The predicted octanol–water partition coefficient (Wildman–Crippen LogP) is 3.77. The van der Waals surface area contributed by atoms with Crippen LogP contribution in [-0.4, -0.2) is 16.5 Å². The molecule has 1 aromatic carbocycles. The van der Waals surface area contributed by atoms with Crippen LogP contribution in [0.5, 0.6) is 0 Å². The van der Waals surface area contributed by atoms with Crippen LogP contribution in [0.25, 0.3) is 6.08 Å². The third-order valence-electron chi connectivity index (χ3n) is 2.57. The number of hydrogen-bond acceptors (Lipinski definition) is 3. The summed E-state index contributed by atoms with van der Waals surface area (Å²) in [5.74, 6) is 5.57. The Kier molecular flexibility index (Phi) is 4.74. The third kappa shape index (κ3) is 5.03. The van der Waals surface area contributed by atoms with Crippen molar-refractivity contribution in [1.82, 2.24) is 0 Å². The van der Waals surface area contributed by atoms with Crippen LogP contribution >= 0.6 is 11.3 Å². The van der Waals surface area contributed by atoms with Crippen molar-refractivity contribution in [2.45, 2.75) is 19.4 Å². The van der Waals surface area contributed by atoms with Crippen LogP contribution in [0.4, 0.5) is 0 Å². The largest absolute Gasteiger partial charge is 0.378 e. The van der Waals surface area contributed by atoms with Gasteiger partial charge in [0.1, 0.15) is 5.60 Å². The molecule has 106 valence electrons. The van der Waals surface area contributed by atoms with E-state index in [-0.39, 0.29) is 5.78 Å². The van der Waals surface area contributed by atoms with E-state index in [9.17, 15) is 9.90 Å². The number of rotatable bonds is 3. The molecule has 0 radical (unpaired) electrons. The lowest BCUT2D eigenvalue weighted by molar-refractivity contribution is 0.105. The SMILES string of the molecule is CC(C)(O)C#Cc1ccc(C(=O)/C=C/c2ccccc2)s1. The number of carbonyl (C=O) groups is 1. The second-order valence-electron chi connectivity index (χ2n) is 5.08. The molecule has 0 aliphatic heterocycles. The smallest absolute Gasteiger partial charge is 0.195 e. The summed E-state index contributed by atoms with van der Waals surface area (Å²) in [7, 11) is 0. The van der Waals surface area contributed by atoms with Gasteiger partial charge in [0.15, 0.2) is 5.78 Å². The molecule has 0 saturated carbocycles. The van der Waals surface area contributed by atoms with Crippen molar-refractivity contribution >= 4 is 23.2 Å². The van der Waals surface area contributed by atoms with Crippen LogP contribution in [0.15, 0.2) is 48.5 Å². The molecule has 0 bridgehead atoms. The van der Waals surface area contributed by atoms with Crippen LogP contribution in [0.1, 0.15) is 34.0 Å². The van der Waals surface area contributed by atoms with E-state index in [1.165, 1.54) is 11.3 Å². The van der Waals surface area contributed by atoms with Crippen molar-refractivity contribution < 1.29 is 9.90 Å². The Morgan fingerprint density at radius 2 is 1.90 bits per heavy atom. The first-order chi connectivity index (χ1) is 9.94. The zero-order chi connectivity index (χ0) is 15.3. The Morgan fingerprint density at radius 1 is 1.19 bits per heavy atom. The minimum Gasteiger partial charge on any atom is -0.378 e. The maximum atomic E-state index is 12.1. The molecule has 3 heteroatoms. The minimum absolute atomic E-state index is 0.0415. The van der Waals surface area contributed by atoms with Gasteiger partial charge in [-0.25, -0.2) is 0 Å². The molecule has 2 nitrogen and oxygen atoms in total. The molecule has 1 aromatic heterocycles. The van der Waals surface area contributed by atoms with Crippen LogP contribution in [0, 0.1) is 11.8 Å². The Balaban J connectivity index is 2.09. The van der Waals surface area contributed by atoms with E-state index in [2.05, 4.69) is 11.8 Å². The molecule has 2 aromatic rings. The van der Waals surface area contributed by atoms with Gasteiger partial charge in [-0.05, 0) is 37.6 Å². The molecular formula is C18H16O2S. The van der Waals surface area contributed by atoms with E-state index in [1.807, 2.05) is 30.3 Å². The van der Waals surface area contributed by atoms with Gasteiger partial charge >= 0.3 is 0 Å². The Hall–Kier alpha value is -2.15. The van der Waals surface area contributed by atoms with E-state index < -0.39 is 5.60 Å². The average molecular weight is 296 g/mol. The number of hydrogen-bond donors (Lipinski definition) is 1. The van der Waals surface area contributed by atoms with Gasteiger partial charge in [-0.3, -0.25) is 4.79 Å². The molecule has 0 aliphatic carbocycles. The van der Waals surface area contributed by atoms with E-state index in [0.717, 1.165) is 10.4 Å². The Labute approximate surface area is 128 Å². The highest BCUT2D eigenvalue weighted by atomic mass is 32.1. The zero-order valence-corrected chi connectivity index (χ0v) is 12.8. The van der Waals surface area contributed by atoms with Gasteiger partial charge in [-0.15, -0.1) is 11.3 Å². The summed E-state index contributed by atoms with van der Waals surface area (Å²) in [4.78, 5) is 13.5. The highest BCUT2D eigenvalue weighted by Crippen LogP contribution is 2.17. The van der Waals surface area contributed by atoms with Crippen molar-refractivity contribution in [2.75, 3.05) is 0 Å². The van der Waals surface area contributed by atoms with E-state index in [0.29, 0.717) is 4.88 Å². The Morgan fingerprint density at radius 3 is 2.57 bits per heavy atom. The summed E-state index contributed by atoms with van der Waals surface area (Å²) >= 11 is 1.33. The van der Waals surface area contributed by atoms with Crippen molar-refractivity contribution in [3.05, 3.63) is 63.9 Å². The van der Waals surface area contributed by atoms with Crippen molar-refractivity contribution in [2.24, 2.45) is 0 Å². The normalized spacial score (nSPS) is 11.2. The van der Waals surface area contributed by atoms with Gasteiger partial charge in [0.2, 0.25) is 0 Å². The standard InChI is InChI=1S/C18H16O2S/c1-18(2,20)13-12-15-9-11-17(21-15)16(19)10-8-14-6-4-3-5-7-14/h3-11,20H,1-2H3/b10-8+. The Bertz CT molecular complexity index is 707. The first kappa shape index (κ1) is 15.2. The maximum absolute atomic E-state index is 12.1. The summed E-state index contributed by atoms with van der Waals surface area (Å²) in [5, 5.41) is 9.56. The van der Waals surface area contributed by atoms with Gasteiger partial charge in [-0.2, -0.15) is 0 Å². The number of ketones is 1. The van der Waals surface area contributed by atoms with Gasteiger partial charge < -0.3 is 5.11 Å². The molecule has 0 fully saturated rings. The molecule has 1 N–H and O–H groups in total. The van der Waals surface area contributed by atoms with Crippen LogP contribution in [-0.2, 0) is 0 Å². The van der Waals surface area contributed by atoms with Crippen LogP contribution < -0.4 is 0 Å². The number of aliphatic hydroxyl groups is 1. The molecule has 0 saturated heterocycles. The molecule has 0 amide bonds. The molecule has 0 unspecified atom stereocenters. The molecule has 0 spiro atoms. The van der Waals surface area contributed by atoms with Crippen LogP contribution in [0.3, 0.4) is 0 Å². The molecule has 0 atom stereocenters. The monoisotopic (exact) mass is 296 g/mol. The van der Waals surface area contributed by atoms with Crippen molar-refractivity contribution in [3.63, 3.8) is 0 Å². The summed E-state index contributed by atoms with van der Waals surface area (Å²) in [6.45, 7) is 3.25. The lowest BCUT2D eigenvalue weighted by Gasteiger charge is -2.05. The third-order valence-corrected chi connectivity index (χ3v) is 3.58. The summed E-state index contributed by atoms with van der Waals surface area (Å²) in [5.41, 5.74) is -0.0362.